The SMILES string of the molecule is CCCN(CC(=O)Nc1ccc(Cl)cc1Cl)Cc1cn2ccccc2c1C#N. The number of amides is 1. The first kappa shape index (κ1) is 20.2. The van der Waals surface area contributed by atoms with Crippen LogP contribution in [0.25, 0.3) is 5.52 Å². The lowest BCUT2D eigenvalue weighted by molar-refractivity contribution is -0.117. The summed E-state index contributed by atoms with van der Waals surface area (Å²) in [6.45, 7) is 3.51. The summed E-state index contributed by atoms with van der Waals surface area (Å²) in [6.07, 6.45) is 4.76. The Bertz CT molecular complexity index is 1040. The first-order valence-electron chi connectivity index (χ1n) is 8.97. The molecule has 0 aliphatic rings. The van der Waals surface area contributed by atoms with Crippen molar-refractivity contribution >= 4 is 40.3 Å². The van der Waals surface area contributed by atoms with Crippen molar-refractivity contribution in [2.45, 2.75) is 19.9 Å². The van der Waals surface area contributed by atoms with Crippen molar-refractivity contribution in [2.75, 3.05) is 18.4 Å². The Hall–Kier alpha value is -2.52. The lowest BCUT2D eigenvalue weighted by Crippen LogP contribution is -2.33. The van der Waals surface area contributed by atoms with Crippen LogP contribution in [-0.4, -0.2) is 28.3 Å². The molecule has 0 saturated heterocycles. The maximum atomic E-state index is 12.5. The number of carbonyl (C=O) groups excluding carboxylic acids is 1. The summed E-state index contributed by atoms with van der Waals surface area (Å²) in [5.74, 6) is -0.167. The molecule has 3 rings (SSSR count). The summed E-state index contributed by atoms with van der Waals surface area (Å²) in [4.78, 5) is 14.6. The van der Waals surface area contributed by atoms with Gasteiger partial charge in [-0.3, -0.25) is 9.69 Å². The molecule has 0 bridgehead atoms. The summed E-state index contributed by atoms with van der Waals surface area (Å²) < 4.78 is 1.94. The number of halogens is 2. The topological polar surface area (TPSA) is 60.5 Å². The van der Waals surface area contributed by atoms with Gasteiger partial charge in [0.1, 0.15) is 6.07 Å². The number of hydrogen-bond acceptors (Lipinski definition) is 3. The molecule has 0 atom stereocenters. The third-order valence-corrected chi connectivity index (χ3v) is 4.93. The van der Waals surface area contributed by atoms with Gasteiger partial charge in [-0.2, -0.15) is 5.26 Å². The van der Waals surface area contributed by atoms with Gasteiger partial charge >= 0.3 is 0 Å². The van der Waals surface area contributed by atoms with Crippen LogP contribution in [0.5, 0.6) is 0 Å². The quantitative estimate of drug-likeness (QED) is 0.593. The largest absolute Gasteiger partial charge is 0.324 e. The van der Waals surface area contributed by atoms with Gasteiger partial charge in [0.05, 0.1) is 28.3 Å². The van der Waals surface area contributed by atoms with Gasteiger partial charge < -0.3 is 9.72 Å². The van der Waals surface area contributed by atoms with E-state index < -0.39 is 0 Å². The molecule has 7 heteroatoms. The minimum atomic E-state index is -0.167. The van der Waals surface area contributed by atoms with Crippen molar-refractivity contribution in [3.63, 3.8) is 0 Å². The standard InChI is InChI=1S/C21H20Cl2N4O/c1-2-8-26(14-21(28)25-19-7-6-16(22)10-18(19)23)12-15-13-27-9-4-3-5-20(27)17(15)11-24/h3-7,9-10,13H,2,8,12,14H2,1H3,(H,25,28). The summed E-state index contributed by atoms with van der Waals surface area (Å²) in [7, 11) is 0. The molecule has 2 heterocycles. The smallest absolute Gasteiger partial charge is 0.238 e. The minimum absolute atomic E-state index is 0.167. The summed E-state index contributed by atoms with van der Waals surface area (Å²) in [5.41, 5.74) is 2.94. The summed E-state index contributed by atoms with van der Waals surface area (Å²) in [6, 6.07) is 13.0. The summed E-state index contributed by atoms with van der Waals surface area (Å²) in [5, 5.41) is 13.3. The van der Waals surface area contributed by atoms with Crippen LogP contribution in [0.3, 0.4) is 0 Å². The first-order chi connectivity index (χ1) is 13.5. The van der Waals surface area contributed by atoms with E-state index in [1.54, 1.807) is 18.2 Å². The second kappa shape index (κ2) is 9.11. The molecule has 1 N–H and O–H groups in total. The molecule has 0 saturated carbocycles. The van der Waals surface area contributed by atoms with Gasteiger partial charge in [0.25, 0.3) is 0 Å². The van der Waals surface area contributed by atoms with E-state index in [0.29, 0.717) is 27.8 Å². The van der Waals surface area contributed by atoms with Crippen molar-refractivity contribution in [3.8, 4) is 6.07 Å². The monoisotopic (exact) mass is 414 g/mol. The van der Waals surface area contributed by atoms with Gasteiger partial charge in [0.15, 0.2) is 0 Å². The number of hydrogen-bond donors (Lipinski definition) is 1. The zero-order valence-electron chi connectivity index (χ0n) is 15.5. The fraction of sp³-hybridized carbons (Fsp3) is 0.238. The number of fused-ring (bicyclic) bond motifs is 1. The van der Waals surface area contributed by atoms with Gasteiger partial charge in [-0.25, -0.2) is 0 Å². The van der Waals surface area contributed by atoms with Gasteiger partial charge in [-0.15, -0.1) is 0 Å². The minimum Gasteiger partial charge on any atom is -0.324 e. The van der Waals surface area contributed by atoms with Crippen LogP contribution in [0.1, 0.15) is 24.5 Å². The molecule has 144 valence electrons. The molecule has 2 aromatic heterocycles. The number of carbonyl (C=O) groups is 1. The van der Waals surface area contributed by atoms with Crippen LogP contribution < -0.4 is 5.32 Å². The van der Waals surface area contributed by atoms with Gasteiger partial charge in [-0.1, -0.05) is 36.2 Å². The average molecular weight is 415 g/mol. The zero-order chi connectivity index (χ0) is 20.1. The van der Waals surface area contributed by atoms with Crippen LogP contribution in [0, 0.1) is 11.3 Å². The second-order valence-corrected chi connectivity index (χ2v) is 7.36. The molecule has 5 nitrogen and oxygen atoms in total. The first-order valence-corrected chi connectivity index (χ1v) is 9.73. The van der Waals surface area contributed by atoms with Crippen molar-refractivity contribution in [1.82, 2.24) is 9.30 Å². The highest BCUT2D eigenvalue weighted by Gasteiger charge is 2.16. The predicted molar refractivity (Wildman–Crippen MR) is 113 cm³/mol. The molecule has 3 aromatic rings. The maximum absolute atomic E-state index is 12.5. The van der Waals surface area contributed by atoms with Gasteiger partial charge in [0.2, 0.25) is 5.91 Å². The highest BCUT2D eigenvalue weighted by molar-refractivity contribution is 6.36. The van der Waals surface area contributed by atoms with E-state index in [9.17, 15) is 10.1 Å². The fourth-order valence-electron chi connectivity index (χ4n) is 3.18. The third kappa shape index (κ3) is 4.66. The highest BCUT2D eigenvalue weighted by Crippen LogP contribution is 2.25. The molecular formula is C21H20Cl2N4O. The Morgan fingerprint density at radius 3 is 2.82 bits per heavy atom. The molecule has 0 radical (unpaired) electrons. The normalized spacial score (nSPS) is 11.0. The van der Waals surface area contributed by atoms with Crippen LogP contribution in [0.15, 0.2) is 48.8 Å². The number of nitrogens with one attached hydrogen (secondary N) is 1. The lowest BCUT2D eigenvalue weighted by atomic mass is 10.1. The molecule has 0 aliphatic carbocycles. The van der Waals surface area contributed by atoms with Crippen LogP contribution in [-0.2, 0) is 11.3 Å². The molecule has 28 heavy (non-hydrogen) atoms. The Morgan fingerprint density at radius 2 is 2.11 bits per heavy atom. The Balaban J connectivity index is 1.75. The number of aromatic nitrogens is 1. The van der Waals surface area contributed by atoms with E-state index >= 15 is 0 Å². The van der Waals surface area contributed by atoms with Crippen LogP contribution >= 0.6 is 23.2 Å². The third-order valence-electron chi connectivity index (χ3n) is 4.38. The van der Waals surface area contributed by atoms with E-state index in [4.69, 9.17) is 23.2 Å². The van der Waals surface area contributed by atoms with Crippen LogP contribution in [0.2, 0.25) is 10.0 Å². The zero-order valence-corrected chi connectivity index (χ0v) is 17.0. The Kier molecular flexibility index (Phi) is 6.58. The molecule has 1 amide bonds. The lowest BCUT2D eigenvalue weighted by Gasteiger charge is -2.21. The molecule has 1 aromatic carbocycles. The van der Waals surface area contributed by atoms with Crippen molar-refractivity contribution in [2.24, 2.45) is 0 Å². The number of benzene rings is 1. The fourth-order valence-corrected chi connectivity index (χ4v) is 3.64. The highest BCUT2D eigenvalue weighted by atomic mass is 35.5. The Labute approximate surface area is 174 Å². The van der Waals surface area contributed by atoms with Crippen LogP contribution in [0.4, 0.5) is 5.69 Å². The number of rotatable bonds is 7. The average Bonchev–Trinajstić information content (AvgIpc) is 3.01. The molecule has 0 fully saturated rings. The number of nitrogens with zero attached hydrogens (tertiary/aromatic N) is 3. The Morgan fingerprint density at radius 1 is 1.29 bits per heavy atom. The molecule has 0 unspecified atom stereocenters. The van der Waals surface area contributed by atoms with Gasteiger partial charge in [0, 0.05) is 29.5 Å². The van der Waals surface area contributed by atoms with E-state index in [0.717, 1.165) is 24.0 Å². The molecular weight excluding hydrogens is 395 g/mol. The predicted octanol–water partition coefficient (Wildman–Crippen LogP) is 4.97. The van der Waals surface area contributed by atoms with E-state index in [2.05, 4.69) is 18.3 Å². The summed E-state index contributed by atoms with van der Waals surface area (Å²) >= 11 is 12.0. The van der Waals surface area contributed by atoms with E-state index in [-0.39, 0.29) is 12.5 Å². The van der Waals surface area contributed by atoms with Crippen molar-refractivity contribution in [1.29, 1.82) is 5.26 Å². The second-order valence-electron chi connectivity index (χ2n) is 6.52. The number of pyridine rings is 1. The number of nitriles is 1. The maximum Gasteiger partial charge on any atom is 0.238 e. The van der Waals surface area contributed by atoms with E-state index in [1.807, 2.05) is 39.9 Å². The van der Waals surface area contributed by atoms with Gasteiger partial charge in [-0.05, 0) is 43.3 Å². The number of anilines is 1. The molecule has 0 aliphatic heterocycles. The van der Waals surface area contributed by atoms with Crippen molar-refractivity contribution in [3.05, 3.63) is 70.0 Å². The van der Waals surface area contributed by atoms with Crippen molar-refractivity contribution < 1.29 is 4.79 Å². The van der Waals surface area contributed by atoms with E-state index in [1.165, 1.54) is 0 Å². The molecule has 0 spiro atoms.